The lowest BCUT2D eigenvalue weighted by Gasteiger charge is -2.12. The Kier molecular flexibility index (Phi) is 6.63. The quantitative estimate of drug-likeness (QED) is 0.573. The number of hydrogen-bond donors (Lipinski definition) is 0. The summed E-state index contributed by atoms with van der Waals surface area (Å²) in [4.78, 5) is 2.26. The van der Waals surface area contributed by atoms with Crippen LogP contribution in [0.5, 0.6) is 0 Å². The molecule has 0 fully saturated rings. The minimum atomic E-state index is 0.931. The molecule has 0 aliphatic heterocycles. The molecule has 68 valence electrons. The number of rotatable bonds is 6. The van der Waals surface area contributed by atoms with Crippen molar-refractivity contribution in [1.82, 2.24) is 4.90 Å². The van der Waals surface area contributed by atoms with Crippen LogP contribution in [0.2, 0.25) is 0 Å². The highest BCUT2D eigenvalue weighted by atomic mass is 15.0. The van der Waals surface area contributed by atoms with Crippen molar-refractivity contribution in [1.29, 1.82) is 0 Å². The third kappa shape index (κ3) is 7.86. The molecule has 0 N–H and O–H groups in total. The van der Waals surface area contributed by atoms with Crippen molar-refractivity contribution in [2.45, 2.75) is 39.5 Å². The molecule has 0 spiro atoms. The van der Waals surface area contributed by atoms with Gasteiger partial charge in [0, 0.05) is 0 Å². The molecule has 0 radical (unpaired) electrons. The van der Waals surface area contributed by atoms with E-state index >= 15 is 0 Å². The van der Waals surface area contributed by atoms with Crippen molar-refractivity contribution < 1.29 is 0 Å². The van der Waals surface area contributed by atoms with Crippen LogP contribution in [0, 0.1) is 5.92 Å². The van der Waals surface area contributed by atoms with Crippen molar-refractivity contribution in [3.05, 3.63) is 0 Å². The highest BCUT2D eigenvalue weighted by molar-refractivity contribution is 4.53. The van der Waals surface area contributed by atoms with Crippen LogP contribution in [0.15, 0.2) is 0 Å². The van der Waals surface area contributed by atoms with Crippen molar-refractivity contribution in [2.75, 3.05) is 20.6 Å². The van der Waals surface area contributed by atoms with Crippen molar-refractivity contribution >= 4 is 0 Å². The van der Waals surface area contributed by atoms with Gasteiger partial charge in [0.15, 0.2) is 0 Å². The van der Waals surface area contributed by atoms with Crippen LogP contribution >= 0.6 is 0 Å². The zero-order valence-electron chi connectivity index (χ0n) is 8.56. The summed E-state index contributed by atoms with van der Waals surface area (Å²) >= 11 is 0. The molecule has 0 aromatic rings. The first-order valence-electron chi connectivity index (χ1n) is 4.81. The van der Waals surface area contributed by atoms with Gasteiger partial charge in [-0.3, -0.25) is 0 Å². The molecule has 0 saturated heterocycles. The first-order chi connectivity index (χ1) is 5.16. The molecule has 0 heterocycles. The molecule has 11 heavy (non-hydrogen) atoms. The molecular weight excluding hydrogens is 134 g/mol. The molecule has 0 amide bonds. The SMILES string of the molecule is CCC[C@@H](C)CCCN(C)C. The topological polar surface area (TPSA) is 3.24 Å². The van der Waals surface area contributed by atoms with Gasteiger partial charge in [-0.2, -0.15) is 0 Å². The molecule has 1 atom stereocenters. The Morgan fingerprint density at radius 2 is 1.82 bits per heavy atom. The van der Waals surface area contributed by atoms with Gasteiger partial charge in [-0.25, -0.2) is 0 Å². The van der Waals surface area contributed by atoms with Crippen LogP contribution in [0.4, 0.5) is 0 Å². The summed E-state index contributed by atoms with van der Waals surface area (Å²) in [6, 6.07) is 0. The standard InChI is InChI=1S/C10H23N/c1-5-7-10(2)8-6-9-11(3)4/h10H,5-9H2,1-4H3/t10-/m1/s1. The summed E-state index contributed by atoms with van der Waals surface area (Å²) in [5.74, 6) is 0.931. The summed E-state index contributed by atoms with van der Waals surface area (Å²) in [6.45, 7) is 5.87. The van der Waals surface area contributed by atoms with Crippen molar-refractivity contribution in [3.63, 3.8) is 0 Å². The highest BCUT2D eigenvalue weighted by Crippen LogP contribution is 2.11. The summed E-state index contributed by atoms with van der Waals surface area (Å²) in [7, 11) is 4.29. The van der Waals surface area contributed by atoms with Gasteiger partial charge >= 0.3 is 0 Å². The molecule has 0 aliphatic rings. The van der Waals surface area contributed by atoms with Gasteiger partial charge in [0.1, 0.15) is 0 Å². The van der Waals surface area contributed by atoms with Gasteiger partial charge in [-0.1, -0.05) is 26.7 Å². The fourth-order valence-electron chi connectivity index (χ4n) is 1.39. The Balaban J connectivity index is 3.10. The second-order valence-electron chi connectivity index (χ2n) is 3.84. The maximum absolute atomic E-state index is 2.36. The van der Waals surface area contributed by atoms with Gasteiger partial charge in [0.2, 0.25) is 0 Å². The molecule has 0 aromatic carbocycles. The predicted molar refractivity (Wildman–Crippen MR) is 51.9 cm³/mol. The van der Waals surface area contributed by atoms with Crippen molar-refractivity contribution in [3.8, 4) is 0 Å². The zero-order chi connectivity index (χ0) is 8.69. The van der Waals surface area contributed by atoms with E-state index in [1.54, 1.807) is 0 Å². The number of hydrogen-bond acceptors (Lipinski definition) is 1. The average molecular weight is 157 g/mol. The molecule has 1 nitrogen and oxygen atoms in total. The first-order valence-corrected chi connectivity index (χ1v) is 4.81. The molecule has 1 heteroatoms. The van der Waals surface area contributed by atoms with E-state index in [1.807, 2.05) is 0 Å². The van der Waals surface area contributed by atoms with Gasteiger partial charge in [0.25, 0.3) is 0 Å². The lowest BCUT2D eigenvalue weighted by molar-refractivity contribution is 0.365. The van der Waals surface area contributed by atoms with E-state index in [1.165, 1.54) is 32.2 Å². The molecule has 0 bridgehead atoms. The molecule has 0 unspecified atom stereocenters. The van der Waals surface area contributed by atoms with E-state index < -0.39 is 0 Å². The summed E-state index contributed by atoms with van der Waals surface area (Å²) in [5, 5.41) is 0. The maximum atomic E-state index is 2.36. The number of nitrogens with zero attached hydrogens (tertiary/aromatic N) is 1. The Bertz CT molecular complexity index is 78.9. The van der Waals surface area contributed by atoms with Crippen molar-refractivity contribution in [2.24, 2.45) is 5.92 Å². The monoisotopic (exact) mass is 157 g/mol. The lowest BCUT2D eigenvalue weighted by Crippen LogP contribution is -2.13. The zero-order valence-corrected chi connectivity index (χ0v) is 8.56. The van der Waals surface area contributed by atoms with Gasteiger partial charge in [-0.15, -0.1) is 0 Å². The van der Waals surface area contributed by atoms with Crippen LogP contribution < -0.4 is 0 Å². The normalized spacial score (nSPS) is 13.9. The van der Waals surface area contributed by atoms with Crippen LogP contribution in [0.3, 0.4) is 0 Å². The summed E-state index contributed by atoms with van der Waals surface area (Å²) in [6.07, 6.45) is 5.48. The van der Waals surface area contributed by atoms with E-state index in [-0.39, 0.29) is 0 Å². The smallest absolute Gasteiger partial charge is 0.00247 e. The molecule has 0 aromatic heterocycles. The van der Waals surface area contributed by atoms with E-state index in [4.69, 9.17) is 0 Å². The second kappa shape index (κ2) is 6.66. The maximum Gasteiger partial charge on any atom is -0.00247 e. The fourth-order valence-corrected chi connectivity index (χ4v) is 1.39. The minimum Gasteiger partial charge on any atom is -0.309 e. The molecule has 0 aliphatic carbocycles. The molecule has 0 rings (SSSR count). The summed E-state index contributed by atoms with van der Waals surface area (Å²) in [5.41, 5.74) is 0. The second-order valence-corrected chi connectivity index (χ2v) is 3.84. The van der Waals surface area contributed by atoms with Crippen LogP contribution in [-0.4, -0.2) is 25.5 Å². The summed E-state index contributed by atoms with van der Waals surface area (Å²) < 4.78 is 0. The van der Waals surface area contributed by atoms with Crippen LogP contribution in [0.25, 0.3) is 0 Å². The van der Waals surface area contributed by atoms with E-state index in [9.17, 15) is 0 Å². The fraction of sp³-hybridized carbons (Fsp3) is 1.00. The lowest BCUT2D eigenvalue weighted by atomic mass is 10.0. The van der Waals surface area contributed by atoms with E-state index in [0.29, 0.717) is 0 Å². The third-order valence-electron chi connectivity index (χ3n) is 2.08. The Morgan fingerprint density at radius 1 is 1.18 bits per heavy atom. The van der Waals surface area contributed by atoms with E-state index in [0.717, 1.165) is 5.92 Å². The predicted octanol–water partition coefficient (Wildman–Crippen LogP) is 2.76. The largest absolute Gasteiger partial charge is 0.309 e. The molecular formula is C10H23N. The Morgan fingerprint density at radius 3 is 2.27 bits per heavy atom. The van der Waals surface area contributed by atoms with Gasteiger partial charge in [-0.05, 0) is 39.4 Å². The van der Waals surface area contributed by atoms with Gasteiger partial charge in [0.05, 0.1) is 0 Å². The first kappa shape index (κ1) is 11.0. The van der Waals surface area contributed by atoms with Gasteiger partial charge < -0.3 is 4.90 Å². The Labute approximate surface area is 71.8 Å². The third-order valence-corrected chi connectivity index (χ3v) is 2.08. The van der Waals surface area contributed by atoms with E-state index in [2.05, 4.69) is 32.8 Å². The Hall–Kier alpha value is -0.0400. The molecule has 0 saturated carbocycles. The highest BCUT2D eigenvalue weighted by Gasteiger charge is 1.99. The van der Waals surface area contributed by atoms with Crippen LogP contribution in [0.1, 0.15) is 39.5 Å². The average Bonchev–Trinajstić information content (AvgIpc) is 1.87. The van der Waals surface area contributed by atoms with Crippen LogP contribution in [-0.2, 0) is 0 Å². The minimum absolute atomic E-state index is 0.931.